The summed E-state index contributed by atoms with van der Waals surface area (Å²) in [6, 6.07) is 7.48. The van der Waals surface area contributed by atoms with E-state index in [1.807, 2.05) is 29.2 Å². The van der Waals surface area contributed by atoms with Crippen LogP contribution in [0.4, 0.5) is 0 Å². The molecular weight excluding hydrogens is 352 g/mol. The van der Waals surface area contributed by atoms with Crippen LogP contribution in [0.25, 0.3) is 10.1 Å². The number of methoxy groups -OCH3 is 1. The maximum absolute atomic E-state index is 12.7. The Morgan fingerprint density at radius 2 is 2.12 bits per heavy atom. The highest BCUT2D eigenvalue weighted by Gasteiger charge is 2.45. The molecule has 2 saturated heterocycles. The molecule has 0 saturated carbocycles. The summed E-state index contributed by atoms with van der Waals surface area (Å²) in [4.78, 5) is 27.0. The first-order valence-electron chi connectivity index (χ1n) is 9.16. The zero-order valence-corrected chi connectivity index (χ0v) is 15.8. The SMILES string of the molecule is CO[C@@H]1CCCOC12CCN(C(=O)Cn1sc3ccccc3c1=O)CC2. The van der Waals surface area contributed by atoms with Crippen molar-refractivity contribution in [2.45, 2.75) is 43.9 Å². The van der Waals surface area contributed by atoms with Crippen LogP contribution in [-0.2, 0) is 20.8 Å². The molecule has 6 nitrogen and oxygen atoms in total. The number of benzene rings is 1. The second-order valence-electron chi connectivity index (χ2n) is 7.09. The summed E-state index contributed by atoms with van der Waals surface area (Å²) in [5.74, 6) is -0.00159. The van der Waals surface area contributed by atoms with E-state index in [2.05, 4.69) is 0 Å². The van der Waals surface area contributed by atoms with Crippen LogP contribution < -0.4 is 5.56 Å². The Bertz CT molecular complexity index is 851. The Morgan fingerprint density at radius 1 is 1.35 bits per heavy atom. The third-order valence-electron chi connectivity index (χ3n) is 5.67. The van der Waals surface area contributed by atoms with Gasteiger partial charge < -0.3 is 14.4 Å². The molecule has 140 valence electrons. The van der Waals surface area contributed by atoms with Crippen molar-refractivity contribution in [3.8, 4) is 0 Å². The van der Waals surface area contributed by atoms with Crippen LogP contribution in [0, 0.1) is 0 Å². The lowest BCUT2D eigenvalue weighted by atomic mass is 9.82. The van der Waals surface area contributed by atoms with Crippen molar-refractivity contribution in [2.75, 3.05) is 26.8 Å². The van der Waals surface area contributed by atoms with E-state index in [0.717, 1.165) is 37.0 Å². The van der Waals surface area contributed by atoms with Crippen molar-refractivity contribution >= 4 is 27.5 Å². The van der Waals surface area contributed by atoms with E-state index in [1.165, 1.54) is 11.5 Å². The van der Waals surface area contributed by atoms with E-state index in [0.29, 0.717) is 18.5 Å². The lowest BCUT2D eigenvalue weighted by Crippen LogP contribution is -2.57. The van der Waals surface area contributed by atoms with Crippen LogP contribution >= 0.6 is 11.5 Å². The first-order valence-corrected chi connectivity index (χ1v) is 9.94. The smallest absolute Gasteiger partial charge is 0.268 e. The maximum Gasteiger partial charge on any atom is 0.268 e. The van der Waals surface area contributed by atoms with Crippen molar-refractivity contribution in [1.29, 1.82) is 0 Å². The van der Waals surface area contributed by atoms with Gasteiger partial charge in [0.15, 0.2) is 0 Å². The third-order valence-corrected chi connectivity index (χ3v) is 6.73. The van der Waals surface area contributed by atoms with Gasteiger partial charge in [-0.1, -0.05) is 23.7 Å². The molecule has 1 amide bonds. The van der Waals surface area contributed by atoms with E-state index in [4.69, 9.17) is 9.47 Å². The highest BCUT2D eigenvalue weighted by Crippen LogP contribution is 2.36. The Morgan fingerprint density at radius 3 is 2.85 bits per heavy atom. The predicted octanol–water partition coefficient (Wildman–Crippen LogP) is 2.25. The number of fused-ring (bicyclic) bond motifs is 1. The fourth-order valence-electron chi connectivity index (χ4n) is 4.18. The number of nitrogens with zero attached hydrogens (tertiary/aromatic N) is 2. The number of likely N-dealkylation sites (tertiary alicyclic amines) is 1. The molecule has 2 fully saturated rings. The molecule has 0 radical (unpaired) electrons. The average molecular weight is 376 g/mol. The molecule has 1 spiro atoms. The van der Waals surface area contributed by atoms with Gasteiger partial charge in [-0.3, -0.25) is 13.5 Å². The first kappa shape index (κ1) is 17.7. The number of amides is 1. The van der Waals surface area contributed by atoms with Crippen molar-refractivity contribution in [3.05, 3.63) is 34.6 Å². The number of carbonyl (C=O) groups is 1. The molecule has 4 rings (SSSR count). The van der Waals surface area contributed by atoms with E-state index >= 15 is 0 Å². The topological polar surface area (TPSA) is 60.8 Å². The first-order chi connectivity index (χ1) is 12.6. The van der Waals surface area contributed by atoms with Gasteiger partial charge in [0.2, 0.25) is 5.91 Å². The Kier molecular flexibility index (Phi) is 4.86. The molecule has 0 bridgehead atoms. The second kappa shape index (κ2) is 7.13. The fourth-order valence-corrected chi connectivity index (χ4v) is 5.16. The predicted molar refractivity (Wildman–Crippen MR) is 101 cm³/mol. The molecule has 1 atom stereocenters. The lowest BCUT2D eigenvalue weighted by molar-refractivity contribution is -0.188. The Hall–Kier alpha value is -1.70. The molecule has 0 aliphatic carbocycles. The quantitative estimate of drug-likeness (QED) is 0.824. The van der Waals surface area contributed by atoms with E-state index in [-0.39, 0.29) is 29.7 Å². The molecule has 0 unspecified atom stereocenters. The van der Waals surface area contributed by atoms with Gasteiger partial charge in [0.1, 0.15) is 6.54 Å². The van der Waals surface area contributed by atoms with Gasteiger partial charge in [-0.05, 0) is 37.8 Å². The molecule has 3 heterocycles. The number of aromatic nitrogens is 1. The molecule has 1 aromatic carbocycles. The van der Waals surface area contributed by atoms with Gasteiger partial charge in [0, 0.05) is 26.8 Å². The Labute approximate surface area is 156 Å². The average Bonchev–Trinajstić information content (AvgIpc) is 2.98. The van der Waals surface area contributed by atoms with Crippen LogP contribution in [0.2, 0.25) is 0 Å². The molecule has 1 aromatic heterocycles. The molecule has 2 aromatic rings. The molecule has 0 N–H and O–H groups in total. The maximum atomic E-state index is 12.7. The largest absolute Gasteiger partial charge is 0.378 e. The minimum Gasteiger partial charge on any atom is -0.378 e. The molecule has 2 aliphatic rings. The van der Waals surface area contributed by atoms with Crippen molar-refractivity contribution in [2.24, 2.45) is 0 Å². The molecular formula is C19H24N2O4S. The lowest BCUT2D eigenvalue weighted by Gasteiger charge is -2.48. The van der Waals surface area contributed by atoms with E-state index < -0.39 is 0 Å². The number of ether oxygens (including phenoxy) is 2. The van der Waals surface area contributed by atoms with Gasteiger partial charge in [0.25, 0.3) is 5.56 Å². The number of carbonyl (C=O) groups excluding carboxylic acids is 1. The third kappa shape index (κ3) is 3.08. The Balaban J connectivity index is 1.43. The second-order valence-corrected chi connectivity index (χ2v) is 8.15. The summed E-state index contributed by atoms with van der Waals surface area (Å²) in [5.41, 5.74) is -0.333. The normalized spacial score (nSPS) is 22.8. The molecule has 2 aliphatic heterocycles. The minimum atomic E-state index is -0.252. The summed E-state index contributed by atoms with van der Waals surface area (Å²) < 4.78 is 14.2. The zero-order valence-electron chi connectivity index (χ0n) is 15.0. The van der Waals surface area contributed by atoms with Crippen molar-refractivity contribution in [1.82, 2.24) is 8.86 Å². The van der Waals surface area contributed by atoms with Gasteiger partial charge in [-0.2, -0.15) is 0 Å². The summed E-state index contributed by atoms with van der Waals surface area (Å²) in [6.07, 6.45) is 3.73. The highest BCUT2D eigenvalue weighted by molar-refractivity contribution is 7.13. The minimum absolute atomic E-state index is 0.00159. The van der Waals surface area contributed by atoms with Gasteiger partial charge in [-0.15, -0.1) is 0 Å². The van der Waals surface area contributed by atoms with Crippen molar-refractivity contribution in [3.63, 3.8) is 0 Å². The number of rotatable bonds is 3. The monoisotopic (exact) mass is 376 g/mol. The van der Waals surface area contributed by atoms with Crippen LogP contribution in [0.15, 0.2) is 29.1 Å². The van der Waals surface area contributed by atoms with Crippen LogP contribution in [-0.4, -0.2) is 53.3 Å². The molecule has 7 heteroatoms. The van der Waals surface area contributed by atoms with E-state index in [9.17, 15) is 9.59 Å². The van der Waals surface area contributed by atoms with Gasteiger partial charge in [-0.25, -0.2) is 0 Å². The summed E-state index contributed by atoms with van der Waals surface area (Å²) in [6.45, 7) is 2.18. The highest BCUT2D eigenvalue weighted by atomic mass is 32.1. The number of hydrogen-bond acceptors (Lipinski definition) is 5. The van der Waals surface area contributed by atoms with Crippen molar-refractivity contribution < 1.29 is 14.3 Å². The number of hydrogen-bond donors (Lipinski definition) is 0. The summed E-state index contributed by atoms with van der Waals surface area (Å²) >= 11 is 1.35. The standard InChI is InChI=1S/C19H24N2O4S/c1-24-16-7-4-12-25-19(16)8-10-20(11-9-19)17(22)13-21-18(23)14-5-2-3-6-15(14)26-21/h2-3,5-6,16H,4,7-13H2,1H3/t16-/m1/s1. The van der Waals surface area contributed by atoms with Crippen LogP contribution in [0.3, 0.4) is 0 Å². The van der Waals surface area contributed by atoms with Crippen LogP contribution in [0.1, 0.15) is 25.7 Å². The van der Waals surface area contributed by atoms with E-state index in [1.54, 1.807) is 11.1 Å². The van der Waals surface area contributed by atoms with Gasteiger partial charge >= 0.3 is 0 Å². The van der Waals surface area contributed by atoms with Gasteiger partial charge in [0.05, 0.1) is 21.8 Å². The summed E-state index contributed by atoms with van der Waals surface area (Å²) in [7, 11) is 1.74. The number of piperidine rings is 1. The zero-order chi connectivity index (χ0) is 18.1. The van der Waals surface area contributed by atoms with Crippen LogP contribution in [0.5, 0.6) is 0 Å². The molecule has 26 heavy (non-hydrogen) atoms. The fraction of sp³-hybridized carbons (Fsp3) is 0.579. The summed E-state index contributed by atoms with van der Waals surface area (Å²) in [5, 5.41) is 0.682.